The summed E-state index contributed by atoms with van der Waals surface area (Å²) in [5.74, 6) is -0.872. The lowest BCUT2D eigenvalue weighted by Gasteiger charge is -2.39. The largest absolute Gasteiger partial charge is 0.460 e. The van der Waals surface area contributed by atoms with E-state index in [1.807, 2.05) is 59.7 Å². The number of esters is 1. The predicted molar refractivity (Wildman–Crippen MR) is 111 cm³/mol. The van der Waals surface area contributed by atoms with Gasteiger partial charge in [-0.2, -0.15) is 0 Å². The molecule has 0 aromatic heterocycles. The van der Waals surface area contributed by atoms with E-state index < -0.39 is 11.4 Å². The standard InChI is InChI=1S/C23H37NO4/c1-16(2)24(15-18-12-10-9-11-13-18)19(14-20(25)27-22(4,5)6)21-17(3)26-23(7,8)28-21/h9-13,16-17,19,21H,14-15H2,1-8H3/t17-,19-,21+/m0/s1. The number of carbonyl (C=O) groups is 1. The highest BCUT2D eigenvalue weighted by Crippen LogP contribution is 2.34. The Balaban J connectivity index is 2.30. The third kappa shape index (κ3) is 6.57. The van der Waals surface area contributed by atoms with Gasteiger partial charge in [0, 0.05) is 18.6 Å². The van der Waals surface area contributed by atoms with Gasteiger partial charge in [-0.25, -0.2) is 0 Å². The van der Waals surface area contributed by atoms with Gasteiger partial charge in [0.05, 0.1) is 12.5 Å². The molecule has 0 saturated carbocycles. The first-order valence-corrected chi connectivity index (χ1v) is 10.2. The normalized spacial score (nSPS) is 23.2. The molecule has 1 aromatic rings. The lowest BCUT2D eigenvalue weighted by molar-refractivity contribution is -0.164. The number of ether oxygens (including phenoxy) is 3. The van der Waals surface area contributed by atoms with Crippen LogP contribution in [0.1, 0.15) is 67.4 Å². The van der Waals surface area contributed by atoms with E-state index in [9.17, 15) is 4.79 Å². The number of hydrogen-bond acceptors (Lipinski definition) is 5. The second kappa shape index (κ2) is 8.93. The summed E-state index contributed by atoms with van der Waals surface area (Å²) in [7, 11) is 0. The molecule has 5 heteroatoms. The minimum absolute atomic E-state index is 0.112. The zero-order valence-electron chi connectivity index (χ0n) is 18.7. The van der Waals surface area contributed by atoms with Crippen molar-refractivity contribution in [1.82, 2.24) is 4.90 Å². The predicted octanol–water partition coefficient (Wildman–Crippen LogP) is 4.54. The van der Waals surface area contributed by atoms with Gasteiger partial charge in [0.1, 0.15) is 11.7 Å². The molecule has 0 N–H and O–H groups in total. The van der Waals surface area contributed by atoms with Crippen LogP contribution in [0.15, 0.2) is 30.3 Å². The molecule has 158 valence electrons. The summed E-state index contributed by atoms with van der Waals surface area (Å²) in [6, 6.07) is 10.4. The first-order chi connectivity index (χ1) is 12.9. The van der Waals surface area contributed by atoms with Crippen molar-refractivity contribution in [2.45, 2.75) is 104 Å². The van der Waals surface area contributed by atoms with Crippen LogP contribution in [0.5, 0.6) is 0 Å². The van der Waals surface area contributed by atoms with E-state index in [1.165, 1.54) is 5.56 Å². The maximum absolute atomic E-state index is 12.7. The molecule has 1 aliphatic rings. The third-order valence-electron chi connectivity index (χ3n) is 4.82. The first-order valence-electron chi connectivity index (χ1n) is 10.2. The van der Waals surface area contributed by atoms with Crippen LogP contribution in [0.3, 0.4) is 0 Å². The molecular formula is C23H37NO4. The Morgan fingerprint density at radius 1 is 1.18 bits per heavy atom. The fourth-order valence-corrected chi connectivity index (χ4v) is 3.81. The van der Waals surface area contributed by atoms with Gasteiger partial charge in [-0.1, -0.05) is 30.3 Å². The Hall–Kier alpha value is -1.43. The van der Waals surface area contributed by atoms with Crippen molar-refractivity contribution < 1.29 is 19.0 Å². The van der Waals surface area contributed by atoms with Gasteiger partial charge >= 0.3 is 5.97 Å². The van der Waals surface area contributed by atoms with Crippen LogP contribution in [0.2, 0.25) is 0 Å². The summed E-state index contributed by atoms with van der Waals surface area (Å²) in [4.78, 5) is 15.1. The van der Waals surface area contributed by atoms with E-state index in [4.69, 9.17) is 14.2 Å². The van der Waals surface area contributed by atoms with Gasteiger partial charge < -0.3 is 14.2 Å². The zero-order valence-corrected chi connectivity index (χ0v) is 18.7. The van der Waals surface area contributed by atoms with Crippen molar-refractivity contribution in [3.05, 3.63) is 35.9 Å². The Bertz CT molecular complexity index is 636. The highest BCUT2D eigenvalue weighted by molar-refractivity contribution is 5.70. The summed E-state index contributed by atoms with van der Waals surface area (Å²) in [6.45, 7) is 16.6. The third-order valence-corrected chi connectivity index (χ3v) is 4.82. The van der Waals surface area contributed by atoms with Crippen molar-refractivity contribution in [1.29, 1.82) is 0 Å². The van der Waals surface area contributed by atoms with Crippen molar-refractivity contribution in [2.24, 2.45) is 0 Å². The van der Waals surface area contributed by atoms with E-state index in [2.05, 4.69) is 30.9 Å². The molecule has 0 radical (unpaired) electrons. The zero-order chi connectivity index (χ0) is 21.1. The Kier molecular flexibility index (Phi) is 7.29. The minimum atomic E-state index is -0.661. The maximum Gasteiger partial charge on any atom is 0.308 e. The summed E-state index contributed by atoms with van der Waals surface area (Å²) < 4.78 is 17.9. The van der Waals surface area contributed by atoms with Crippen molar-refractivity contribution in [3.8, 4) is 0 Å². The lowest BCUT2D eigenvalue weighted by Crippen LogP contribution is -2.51. The molecule has 1 fully saturated rings. The molecular weight excluding hydrogens is 354 g/mol. The first kappa shape index (κ1) is 22.9. The number of nitrogens with zero attached hydrogens (tertiary/aromatic N) is 1. The average Bonchev–Trinajstić information content (AvgIpc) is 2.82. The molecule has 0 bridgehead atoms. The van der Waals surface area contributed by atoms with Gasteiger partial charge in [0.25, 0.3) is 0 Å². The van der Waals surface area contributed by atoms with Gasteiger partial charge in [0.15, 0.2) is 5.79 Å². The van der Waals surface area contributed by atoms with Crippen LogP contribution in [-0.2, 0) is 25.5 Å². The summed E-state index contributed by atoms with van der Waals surface area (Å²) in [6.07, 6.45) is -0.0652. The number of hydrogen-bond donors (Lipinski definition) is 0. The van der Waals surface area contributed by atoms with Crippen LogP contribution in [0.4, 0.5) is 0 Å². The topological polar surface area (TPSA) is 48.0 Å². The van der Waals surface area contributed by atoms with Crippen LogP contribution in [0.25, 0.3) is 0 Å². The molecule has 1 aromatic carbocycles. The molecule has 3 atom stereocenters. The van der Waals surface area contributed by atoms with Crippen LogP contribution in [0, 0.1) is 0 Å². The molecule has 0 aliphatic carbocycles. The monoisotopic (exact) mass is 391 g/mol. The molecule has 28 heavy (non-hydrogen) atoms. The molecule has 1 aliphatic heterocycles. The fraction of sp³-hybridized carbons (Fsp3) is 0.696. The Morgan fingerprint density at radius 3 is 2.25 bits per heavy atom. The molecule has 0 unspecified atom stereocenters. The summed E-state index contributed by atoms with van der Waals surface area (Å²) in [5.41, 5.74) is 0.693. The SMILES string of the molecule is CC(C)N(Cc1ccccc1)[C@@H](CC(=O)OC(C)(C)C)[C@@H]1OC(C)(C)O[C@H]1C. The Labute approximate surface area is 170 Å². The van der Waals surface area contributed by atoms with Crippen LogP contribution >= 0.6 is 0 Å². The molecule has 0 spiro atoms. The average molecular weight is 392 g/mol. The summed E-state index contributed by atoms with van der Waals surface area (Å²) in [5, 5.41) is 0. The van der Waals surface area contributed by atoms with Gasteiger partial charge in [0.2, 0.25) is 0 Å². The van der Waals surface area contributed by atoms with E-state index in [-0.39, 0.29) is 36.7 Å². The highest BCUT2D eigenvalue weighted by Gasteiger charge is 2.46. The van der Waals surface area contributed by atoms with Crippen molar-refractivity contribution in [2.75, 3.05) is 0 Å². The number of benzene rings is 1. The van der Waals surface area contributed by atoms with Gasteiger partial charge in [-0.15, -0.1) is 0 Å². The van der Waals surface area contributed by atoms with E-state index in [0.717, 1.165) is 6.54 Å². The number of rotatable bonds is 7. The lowest BCUT2D eigenvalue weighted by atomic mass is 9.98. The second-order valence-electron chi connectivity index (χ2n) is 9.41. The van der Waals surface area contributed by atoms with E-state index in [0.29, 0.717) is 0 Å². The number of carbonyl (C=O) groups excluding carboxylic acids is 1. The molecule has 5 nitrogen and oxygen atoms in total. The van der Waals surface area contributed by atoms with Gasteiger partial charge in [-0.3, -0.25) is 9.69 Å². The Morgan fingerprint density at radius 2 is 1.79 bits per heavy atom. The molecule has 1 heterocycles. The highest BCUT2D eigenvalue weighted by atomic mass is 16.8. The minimum Gasteiger partial charge on any atom is -0.460 e. The van der Waals surface area contributed by atoms with Crippen molar-refractivity contribution >= 4 is 5.97 Å². The van der Waals surface area contributed by atoms with E-state index in [1.54, 1.807) is 0 Å². The quantitative estimate of drug-likeness (QED) is 0.639. The van der Waals surface area contributed by atoms with Crippen LogP contribution in [-0.4, -0.2) is 46.5 Å². The van der Waals surface area contributed by atoms with Crippen molar-refractivity contribution in [3.63, 3.8) is 0 Å². The molecule has 2 rings (SSSR count). The van der Waals surface area contributed by atoms with Crippen LogP contribution < -0.4 is 0 Å². The molecule has 1 saturated heterocycles. The van der Waals surface area contributed by atoms with E-state index >= 15 is 0 Å². The fourth-order valence-electron chi connectivity index (χ4n) is 3.81. The maximum atomic E-state index is 12.7. The molecule has 0 amide bonds. The summed E-state index contributed by atoms with van der Waals surface area (Å²) >= 11 is 0. The second-order valence-corrected chi connectivity index (χ2v) is 9.41. The smallest absolute Gasteiger partial charge is 0.308 e. The van der Waals surface area contributed by atoms with Gasteiger partial charge in [-0.05, 0) is 61.0 Å².